The van der Waals surface area contributed by atoms with Crippen LogP contribution in [-0.2, 0) is 0 Å². The van der Waals surface area contributed by atoms with Crippen molar-refractivity contribution in [2.24, 2.45) is 0 Å². The average Bonchev–Trinajstić information content (AvgIpc) is 2.87. The molecule has 1 saturated carbocycles. The fourth-order valence-corrected chi connectivity index (χ4v) is 2.98. The quantitative estimate of drug-likeness (QED) is 0.663. The molecule has 1 heterocycles. The van der Waals surface area contributed by atoms with Crippen LogP contribution in [0.5, 0.6) is 5.75 Å². The van der Waals surface area contributed by atoms with E-state index in [2.05, 4.69) is 5.32 Å². The topological polar surface area (TPSA) is 32.3 Å². The van der Waals surface area contributed by atoms with Crippen molar-refractivity contribution < 1.29 is 5.11 Å². The van der Waals surface area contributed by atoms with E-state index >= 15 is 0 Å². The normalized spacial score (nSPS) is 22.2. The van der Waals surface area contributed by atoms with E-state index in [1.54, 1.807) is 12.1 Å². The maximum Gasteiger partial charge on any atom is 0.117 e. The van der Waals surface area contributed by atoms with Crippen molar-refractivity contribution >= 4 is 17.4 Å². The van der Waals surface area contributed by atoms with Crippen LogP contribution in [0.1, 0.15) is 12.8 Å². The van der Waals surface area contributed by atoms with Gasteiger partial charge in [0, 0.05) is 22.3 Å². The van der Waals surface area contributed by atoms with Crippen molar-refractivity contribution in [1.82, 2.24) is 0 Å². The lowest BCUT2D eigenvalue weighted by atomic mass is 10.2. The molecule has 3 heteroatoms. The number of rotatable bonds is 0. The minimum atomic E-state index is 0.346. The van der Waals surface area contributed by atoms with Gasteiger partial charge in [-0.05, 0) is 25.0 Å². The summed E-state index contributed by atoms with van der Waals surface area (Å²) in [5.41, 5.74) is 1.09. The van der Waals surface area contributed by atoms with E-state index in [0.717, 1.165) is 12.2 Å². The maximum atomic E-state index is 9.28. The number of nitrogens with one attached hydrogen (secondary N) is 1. The van der Waals surface area contributed by atoms with E-state index in [4.69, 9.17) is 0 Å². The van der Waals surface area contributed by atoms with E-state index in [1.165, 1.54) is 17.7 Å². The van der Waals surface area contributed by atoms with Gasteiger partial charge >= 0.3 is 0 Å². The summed E-state index contributed by atoms with van der Waals surface area (Å²) in [5.74, 6) is 0.346. The lowest BCUT2D eigenvalue weighted by molar-refractivity contribution is 0.475. The Labute approximate surface area is 81.3 Å². The highest BCUT2D eigenvalue weighted by atomic mass is 32.2. The number of anilines is 1. The Bertz CT molecular complexity index is 360. The molecule has 13 heavy (non-hydrogen) atoms. The molecule has 0 amide bonds. The molecule has 0 saturated heterocycles. The van der Waals surface area contributed by atoms with E-state index in [0.29, 0.717) is 10.5 Å². The van der Waals surface area contributed by atoms with Crippen LogP contribution in [0.25, 0.3) is 0 Å². The van der Waals surface area contributed by atoms with E-state index in [9.17, 15) is 5.11 Å². The Morgan fingerprint density at radius 2 is 2.23 bits per heavy atom. The van der Waals surface area contributed by atoms with E-state index < -0.39 is 0 Å². The molecule has 0 bridgehead atoms. The van der Waals surface area contributed by atoms with Gasteiger partial charge in [-0.25, -0.2) is 0 Å². The van der Waals surface area contributed by atoms with Crippen LogP contribution in [0.3, 0.4) is 0 Å². The zero-order valence-electron chi connectivity index (χ0n) is 7.21. The van der Waals surface area contributed by atoms with Crippen molar-refractivity contribution in [2.75, 3.05) is 11.9 Å². The number of hydrogen-bond acceptors (Lipinski definition) is 3. The molecule has 0 radical (unpaired) electrons. The summed E-state index contributed by atoms with van der Waals surface area (Å²) in [7, 11) is 0. The molecule has 1 aromatic rings. The summed E-state index contributed by atoms with van der Waals surface area (Å²) < 4.78 is 0.490. The summed E-state index contributed by atoms with van der Waals surface area (Å²) in [4.78, 5) is 1.28. The Kier molecular flexibility index (Phi) is 1.37. The van der Waals surface area contributed by atoms with Gasteiger partial charge in [0.15, 0.2) is 0 Å². The Hall–Kier alpha value is -0.830. The van der Waals surface area contributed by atoms with Crippen molar-refractivity contribution in [3.05, 3.63) is 18.2 Å². The molecule has 1 aromatic carbocycles. The number of aromatic hydroxyl groups is 1. The molecule has 0 aromatic heterocycles. The molecule has 1 aliphatic carbocycles. The predicted octanol–water partition coefficient (Wildman–Crippen LogP) is 2.44. The van der Waals surface area contributed by atoms with Gasteiger partial charge in [-0.2, -0.15) is 0 Å². The third-order valence-electron chi connectivity index (χ3n) is 2.70. The van der Waals surface area contributed by atoms with Crippen molar-refractivity contribution in [3.8, 4) is 5.75 Å². The second-order valence-corrected chi connectivity index (χ2v) is 5.33. The summed E-state index contributed by atoms with van der Waals surface area (Å²) in [6.07, 6.45) is 2.65. The number of phenols is 1. The SMILES string of the molecule is Oc1ccc2c(c1)NCC1(CC1)S2. The second-order valence-electron chi connectivity index (χ2n) is 3.82. The highest BCUT2D eigenvalue weighted by Gasteiger charge is 2.45. The third kappa shape index (κ3) is 1.18. The molecule has 1 fully saturated rings. The lowest BCUT2D eigenvalue weighted by Crippen LogP contribution is -2.22. The number of fused-ring (bicyclic) bond motifs is 1. The van der Waals surface area contributed by atoms with Gasteiger partial charge in [-0.3, -0.25) is 0 Å². The van der Waals surface area contributed by atoms with Gasteiger partial charge in [0.25, 0.3) is 0 Å². The third-order valence-corrected chi connectivity index (χ3v) is 4.26. The largest absolute Gasteiger partial charge is 0.508 e. The van der Waals surface area contributed by atoms with Gasteiger partial charge in [0.1, 0.15) is 5.75 Å². The van der Waals surface area contributed by atoms with Crippen LogP contribution in [0.4, 0.5) is 5.69 Å². The van der Waals surface area contributed by atoms with Gasteiger partial charge in [0.2, 0.25) is 0 Å². The molecular weight excluding hydrogens is 182 g/mol. The maximum absolute atomic E-state index is 9.28. The molecule has 1 aliphatic heterocycles. The Morgan fingerprint density at radius 1 is 1.38 bits per heavy atom. The summed E-state index contributed by atoms with van der Waals surface area (Å²) in [6.45, 7) is 1.05. The summed E-state index contributed by atoms with van der Waals surface area (Å²) in [5, 5.41) is 12.7. The highest BCUT2D eigenvalue weighted by molar-refractivity contribution is 8.01. The van der Waals surface area contributed by atoms with Gasteiger partial charge in [-0.15, -0.1) is 11.8 Å². The van der Waals surface area contributed by atoms with E-state index in [1.807, 2.05) is 17.8 Å². The van der Waals surface area contributed by atoms with Gasteiger partial charge in [0.05, 0.1) is 5.69 Å². The first kappa shape index (κ1) is 7.56. The number of phenolic OH excluding ortho intramolecular Hbond substituents is 1. The fourth-order valence-electron chi connectivity index (χ4n) is 1.69. The highest BCUT2D eigenvalue weighted by Crippen LogP contribution is 2.55. The van der Waals surface area contributed by atoms with Crippen LogP contribution in [0, 0.1) is 0 Å². The van der Waals surface area contributed by atoms with Crippen LogP contribution in [0.15, 0.2) is 23.1 Å². The number of hydrogen-bond donors (Lipinski definition) is 2. The molecular formula is C10H11NOS. The molecule has 2 N–H and O–H groups in total. The smallest absolute Gasteiger partial charge is 0.117 e. The monoisotopic (exact) mass is 193 g/mol. The van der Waals surface area contributed by atoms with Crippen LogP contribution < -0.4 is 5.32 Å². The molecule has 68 valence electrons. The van der Waals surface area contributed by atoms with E-state index in [-0.39, 0.29) is 0 Å². The first-order chi connectivity index (χ1) is 6.27. The first-order valence-corrected chi connectivity index (χ1v) is 5.35. The first-order valence-electron chi connectivity index (χ1n) is 4.53. The van der Waals surface area contributed by atoms with Crippen LogP contribution >= 0.6 is 11.8 Å². The molecule has 2 aliphatic rings. The zero-order valence-corrected chi connectivity index (χ0v) is 8.03. The minimum Gasteiger partial charge on any atom is -0.508 e. The number of thioether (sulfide) groups is 1. The summed E-state index contributed by atoms with van der Waals surface area (Å²) >= 11 is 1.96. The minimum absolute atomic E-state index is 0.346. The Balaban J connectivity index is 2.00. The van der Waals surface area contributed by atoms with Gasteiger partial charge < -0.3 is 10.4 Å². The molecule has 2 nitrogen and oxygen atoms in total. The Morgan fingerprint density at radius 3 is 3.00 bits per heavy atom. The molecule has 3 rings (SSSR count). The average molecular weight is 193 g/mol. The van der Waals surface area contributed by atoms with Crippen molar-refractivity contribution in [2.45, 2.75) is 22.5 Å². The van der Waals surface area contributed by atoms with Crippen molar-refractivity contribution in [1.29, 1.82) is 0 Å². The van der Waals surface area contributed by atoms with Crippen molar-refractivity contribution in [3.63, 3.8) is 0 Å². The van der Waals surface area contributed by atoms with Gasteiger partial charge in [-0.1, -0.05) is 0 Å². The summed E-state index contributed by atoms with van der Waals surface area (Å²) in [6, 6.07) is 5.56. The van der Waals surface area contributed by atoms with Crippen LogP contribution in [-0.4, -0.2) is 16.4 Å². The molecule has 1 spiro atoms. The standard InChI is InChI=1S/C10H11NOS/c12-7-1-2-9-8(5-7)11-6-10(13-9)3-4-10/h1-2,5,11-12H,3-4,6H2. The second kappa shape index (κ2) is 2.35. The molecule has 0 atom stereocenters. The molecule has 0 unspecified atom stereocenters. The fraction of sp³-hybridized carbons (Fsp3) is 0.400. The lowest BCUT2D eigenvalue weighted by Gasteiger charge is -2.25. The zero-order chi connectivity index (χ0) is 8.89. The number of benzene rings is 1. The predicted molar refractivity (Wildman–Crippen MR) is 54.4 cm³/mol. The van der Waals surface area contributed by atoms with Crippen LogP contribution in [0.2, 0.25) is 0 Å².